The summed E-state index contributed by atoms with van der Waals surface area (Å²) in [6.45, 7) is 2.22. The van der Waals surface area contributed by atoms with E-state index in [2.05, 4.69) is 4.74 Å². The third-order valence-electron chi connectivity index (χ3n) is 2.51. The molecule has 18 heavy (non-hydrogen) atoms. The first-order valence-electron chi connectivity index (χ1n) is 5.81. The number of carbonyl (C=O) groups is 1. The lowest BCUT2D eigenvalue weighted by atomic mass is 10.2. The van der Waals surface area contributed by atoms with Gasteiger partial charge in [-0.2, -0.15) is 0 Å². The van der Waals surface area contributed by atoms with E-state index in [-0.39, 0.29) is 12.6 Å². The number of aliphatic hydroxyl groups is 1. The van der Waals surface area contributed by atoms with Crippen molar-refractivity contribution in [2.45, 2.75) is 20.0 Å². The van der Waals surface area contributed by atoms with Gasteiger partial charge < -0.3 is 14.6 Å². The lowest BCUT2D eigenvalue weighted by Crippen LogP contribution is -2.06. The van der Waals surface area contributed by atoms with Crippen LogP contribution in [0.3, 0.4) is 0 Å². The summed E-state index contributed by atoms with van der Waals surface area (Å²) < 4.78 is 10.1. The minimum atomic E-state index is -0.322. The summed E-state index contributed by atoms with van der Waals surface area (Å²) >= 11 is 0. The molecular weight excluding hydrogens is 232 g/mol. The molecule has 0 unspecified atom stereocenters. The Labute approximate surface area is 107 Å². The Morgan fingerprint density at radius 1 is 1.33 bits per heavy atom. The van der Waals surface area contributed by atoms with Gasteiger partial charge in [0, 0.05) is 5.57 Å². The molecule has 0 fully saturated rings. The molecule has 0 amide bonds. The summed E-state index contributed by atoms with van der Waals surface area (Å²) in [4.78, 5) is 11.3. The first-order valence-corrected chi connectivity index (χ1v) is 5.81. The van der Waals surface area contributed by atoms with Crippen molar-refractivity contribution in [3.05, 3.63) is 41.5 Å². The van der Waals surface area contributed by atoms with Gasteiger partial charge in [0.15, 0.2) is 0 Å². The number of ether oxygens (including phenoxy) is 2. The van der Waals surface area contributed by atoms with Gasteiger partial charge in [-0.25, -0.2) is 4.79 Å². The highest BCUT2D eigenvalue weighted by Crippen LogP contribution is 2.12. The summed E-state index contributed by atoms with van der Waals surface area (Å²) in [5.41, 5.74) is 1.44. The first kappa shape index (κ1) is 14.3. The van der Waals surface area contributed by atoms with E-state index in [1.165, 1.54) is 7.11 Å². The summed E-state index contributed by atoms with van der Waals surface area (Å²) in [5, 5.41) is 8.90. The van der Waals surface area contributed by atoms with Gasteiger partial charge in [-0.3, -0.25) is 0 Å². The largest absolute Gasteiger partial charge is 0.490 e. The summed E-state index contributed by atoms with van der Waals surface area (Å²) in [7, 11) is 1.36. The van der Waals surface area contributed by atoms with E-state index in [0.29, 0.717) is 24.4 Å². The van der Waals surface area contributed by atoms with Crippen molar-refractivity contribution in [1.82, 2.24) is 0 Å². The van der Waals surface area contributed by atoms with E-state index in [4.69, 9.17) is 9.84 Å². The molecule has 0 aliphatic heterocycles. The van der Waals surface area contributed by atoms with Crippen LogP contribution >= 0.6 is 0 Å². The molecule has 0 saturated carbocycles. The molecule has 0 heterocycles. The molecule has 0 spiro atoms. The van der Waals surface area contributed by atoms with Crippen LogP contribution in [0.25, 0.3) is 0 Å². The Hall–Kier alpha value is -1.81. The lowest BCUT2D eigenvalue weighted by molar-refractivity contribution is -0.136. The number of carbonyl (C=O) groups excluding carboxylic acids is 1. The highest BCUT2D eigenvalue weighted by Gasteiger charge is 2.05. The van der Waals surface area contributed by atoms with Gasteiger partial charge in [-0.1, -0.05) is 19.1 Å². The zero-order valence-electron chi connectivity index (χ0n) is 10.7. The summed E-state index contributed by atoms with van der Waals surface area (Å²) in [6, 6.07) is 7.15. The normalized spacial score (nSPS) is 11.2. The Kier molecular flexibility index (Phi) is 5.94. The molecule has 1 rings (SSSR count). The van der Waals surface area contributed by atoms with E-state index in [9.17, 15) is 4.79 Å². The summed E-state index contributed by atoms with van der Waals surface area (Å²) in [5.74, 6) is 0.375. The fraction of sp³-hybridized carbons (Fsp3) is 0.357. The second kappa shape index (κ2) is 7.50. The molecule has 1 aromatic carbocycles. The average molecular weight is 250 g/mol. The minimum absolute atomic E-state index is 0.0164. The molecule has 0 aliphatic carbocycles. The fourth-order valence-corrected chi connectivity index (χ4v) is 1.43. The molecule has 0 bridgehead atoms. The van der Waals surface area contributed by atoms with Crippen molar-refractivity contribution in [1.29, 1.82) is 0 Å². The number of hydrogen-bond donors (Lipinski definition) is 1. The van der Waals surface area contributed by atoms with Crippen LogP contribution in [0.15, 0.2) is 35.9 Å². The van der Waals surface area contributed by atoms with Gasteiger partial charge in [0.1, 0.15) is 12.4 Å². The third-order valence-corrected chi connectivity index (χ3v) is 2.51. The number of hydrogen-bond acceptors (Lipinski definition) is 4. The zero-order valence-corrected chi connectivity index (χ0v) is 10.7. The maximum Gasteiger partial charge on any atom is 0.333 e. The molecular formula is C14H18O4. The second-order valence-corrected chi connectivity index (χ2v) is 3.69. The van der Waals surface area contributed by atoms with Crippen LogP contribution in [0.5, 0.6) is 5.75 Å². The molecule has 1 N–H and O–H groups in total. The fourth-order valence-electron chi connectivity index (χ4n) is 1.43. The highest BCUT2D eigenvalue weighted by atomic mass is 16.5. The Morgan fingerprint density at radius 2 is 2.00 bits per heavy atom. The van der Waals surface area contributed by atoms with E-state index in [0.717, 1.165) is 5.56 Å². The molecule has 4 nitrogen and oxygen atoms in total. The van der Waals surface area contributed by atoms with Crippen molar-refractivity contribution in [3.8, 4) is 5.75 Å². The molecule has 1 aromatic rings. The SMILES string of the molecule is CCC(=CCOc1ccc(CO)cc1)C(=O)OC. The molecule has 0 atom stereocenters. The molecule has 4 heteroatoms. The van der Waals surface area contributed by atoms with Crippen molar-refractivity contribution in [2.24, 2.45) is 0 Å². The van der Waals surface area contributed by atoms with Gasteiger partial charge >= 0.3 is 5.97 Å². The van der Waals surface area contributed by atoms with Gasteiger partial charge in [-0.15, -0.1) is 0 Å². The topological polar surface area (TPSA) is 55.8 Å². The van der Waals surface area contributed by atoms with Crippen LogP contribution < -0.4 is 4.74 Å². The maximum atomic E-state index is 11.3. The molecule has 98 valence electrons. The predicted molar refractivity (Wildman–Crippen MR) is 68.2 cm³/mol. The van der Waals surface area contributed by atoms with Gasteiger partial charge in [0.25, 0.3) is 0 Å². The Bertz CT molecular complexity index is 406. The minimum Gasteiger partial charge on any atom is -0.490 e. The monoisotopic (exact) mass is 250 g/mol. The number of benzene rings is 1. The van der Waals surface area contributed by atoms with Crippen LogP contribution in [0, 0.1) is 0 Å². The van der Waals surface area contributed by atoms with Crippen LogP contribution in [0.2, 0.25) is 0 Å². The Balaban J connectivity index is 2.53. The van der Waals surface area contributed by atoms with E-state index in [1.807, 2.05) is 6.92 Å². The van der Waals surface area contributed by atoms with Crippen LogP contribution in [-0.2, 0) is 16.1 Å². The second-order valence-electron chi connectivity index (χ2n) is 3.69. The third kappa shape index (κ3) is 4.22. The van der Waals surface area contributed by atoms with Crippen molar-refractivity contribution < 1.29 is 19.4 Å². The quantitative estimate of drug-likeness (QED) is 0.620. The molecule has 0 radical (unpaired) electrons. The molecule has 0 aliphatic rings. The highest BCUT2D eigenvalue weighted by molar-refractivity contribution is 5.88. The standard InChI is InChI=1S/C14H18O4/c1-3-12(14(16)17-2)8-9-18-13-6-4-11(10-15)5-7-13/h4-8,15H,3,9-10H2,1-2H3. The van der Waals surface area contributed by atoms with Crippen LogP contribution in [-0.4, -0.2) is 24.8 Å². The van der Waals surface area contributed by atoms with Crippen LogP contribution in [0.1, 0.15) is 18.9 Å². The van der Waals surface area contributed by atoms with E-state index >= 15 is 0 Å². The number of esters is 1. The lowest BCUT2D eigenvalue weighted by Gasteiger charge is -2.06. The number of methoxy groups -OCH3 is 1. The molecule has 0 saturated heterocycles. The van der Waals surface area contributed by atoms with Crippen molar-refractivity contribution in [3.63, 3.8) is 0 Å². The smallest absolute Gasteiger partial charge is 0.333 e. The van der Waals surface area contributed by atoms with E-state index in [1.54, 1.807) is 30.3 Å². The number of rotatable bonds is 6. The first-order chi connectivity index (χ1) is 8.71. The van der Waals surface area contributed by atoms with Gasteiger partial charge in [0.05, 0.1) is 13.7 Å². The summed E-state index contributed by atoms with van der Waals surface area (Å²) in [6.07, 6.45) is 2.32. The Morgan fingerprint density at radius 3 is 2.50 bits per heavy atom. The average Bonchev–Trinajstić information content (AvgIpc) is 2.43. The van der Waals surface area contributed by atoms with Crippen molar-refractivity contribution in [2.75, 3.05) is 13.7 Å². The van der Waals surface area contributed by atoms with E-state index < -0.39 is 0 Å². The predicted octanol–water partition coefficient (Wildman–Crippen LogP) is 2.07. The van der Waals surface area contributed by atoms with Gasteiger partial charge in [0.2, 0.25) is 0 Å². The van der Waals surface area contributed by atoms with Crippen molar-refractivity contribution >= 4 is 5.97 Å². The van der Waals surface area contributed by atoms with Crippen LogP contribution in [0.4, 0.5) is 0 Å². The van der Waals surface area contributed by atoms with Gasteiger partial charge in [-0.05, 0) is 30.2 Å². The zero-order chi connectivity index (χ0) is 13.4. The number of aliphatic hydroxyl groups excluding tert-OH is 1. The maximum absolute atomic E-state index is 11.3. The molecule has 0 aromatic heterocycles.